The average molecular weight is 437 g/mol. The number of rotatable bonds is 22. The van der Waals surface area contributed by atoms with E-state index < -0.39 is 5.97 Å². The Balaban J connectivity index is 3.64. The highest BCUT2D eigenvalue weighted by atomic mass is 16.5. The molecule has 0 bridgehead atoms. The summed E-state index contributed by atoms with van der Waals surface area (Å²) in [5, 5.41) is 8.68. The number of aliphatic carboxylic acids is 1. The van der Waals surface area contributed by atoms with Crippen molar-refractivity contribution in [3.05, 3.63) is 24.3 Å². The number of unbranched alkanes of at least 4 members (excludes halogenated alkanes) is 9. The van der Waals surface area contributed by atoms with Crippen molar-refractivity contribution in [1.82, 2.24) is 0 Å². The van der Waals surface area contributed by atoms with Gasteiger partial charge in [-0.25, -0.2) is 0 Å². The maximum Gasteiger partial charge on any atom is 0.306 e. The van der Waals surface area contributed by atoms with Crippen LogP contribution in [0, 0.1) is 0 Å². The van der Waals surface area contributed by atoms with Gasteiger partial charge in [0.05, 0.1) is 0 Å². The van der Waals surface area contributed by atoms with E-state index in [1.54, 1.807) is 0 Å². The van der Waals surface area contributed by atoms with Gasteiger partial charge in [-0.15, -0.1) is 0 Å². The third-order valence-corrected chi connectivity index (χ3v) is 5.41. The highest BCUT2D eigenvalue weighted by Crippen LogP contribution is 2.15. The van der Waals surface area contributed by atoms with Gasteiger partial charge in [-0.05, 0) is 57.8 Å². The Kier molecular flexibility index (Phi) is 21.9. The van der Waals surface area contributed by atoms with Crippen molar-refractivity contribution in [2.45, 2.75) is 136 Å². The molecule has 0 fully saturated rings. The minimum atomic E-state index is -0.737. The van der Waals surface area contributed by atoms with Crippen LogP contribution in [0.2, 0.25) is 0 Å². The Morgan fingerprint density at radius 2 is 1.32 bits per heavy atom. The molecule has 0 aliphatic rings. The molecule has 0 amide bonds. The summed E-state index contributed by atoms with van der Waals surface area (Å²) in [6.07, 6.45) is 26.7. The molecule has 31 heavy (non-hydrogen) atoms. The summed E-state index contributed by atoms with van der Waals surface area (Å²) in [4.78, 5) is 22.7. The fraction of sp³-hybridized carbons (Fsp3) is 0.778. The zero-order chi connectivity index (χ0) is 23.0. The summed E-state index contributed by atoms with van der Waals surface area (Å²) in [6.45, 7) is 4.32. The molecule has 0 radical (unpaired) electrons. The third-order valence-electron chi connectivity index (χ3n) is 5.41. The molecule has 0 aliphatic carbocycles. The summed E-state index contributed by atoms with van der Waals surface area (Å²) in [6, 6.07) is 0. The van der Waals surface area contributed by atoms with Gasteiger partial charge in [-0.2, -0.15) is 0 Å². The van der Waals surface area contributed by atoms with E-state index in [-0.39, 0.29) is 18.5 Å². The van der Waals surface area contributed by atoms with Crippen LogP contribution in [0.25, 0.3) is 0 Å². The number of carboxylic acids is 1. The van der Waals surface area contributed by atoms with Crippen molar-refractivity contribution in [3.8, 4) is 0 Å². The maximum atomic E-state index is 12.1. The van der Waals surface area contributed by atoms with E-state index in [1.807, 2.05) is 0 Å². The van der Waals surface area contributed by atoms with Crippen LogP contribution >= 0.6 is 0 Å². The lowest BCUT2D eigenvalue weighted by molar-refractivity contribution is -0.150. The van der Waals surface area contributed by atoms with E-state index in [2.05, 4.69) is 38.2 Å². The molecule has 0 heterocycles. The predicted octanol–water partition coefficient (Wildman–Crippen LogP) is 8.16. The van der Waals surface area contributed by atoms with Crippen LogP contribution in [-0.2, 0) is 14.3 Å². The minimum absolute atomic E-state index is 0.00407. The Bertz CT molecular complexity index is 482. The normalized spacial score (nSPS) is 12.6. The number of carbonyl (C=O) groups excluding carboxylic acids is 1. The molecule has 1 N–H and O–H groups in total. The van der Waals surface area contributed by atoms with E-state index in [0.717, 1.165) is 57.8 Å². The van der Waals surface area contributed by atoms with Crippen molar-refractivity contribution < 1.29 is 19.4 Å². The minimum Gasteiger partial charge on any atom is -0.481 e. The first-order chi connectivity index (χ1) is 15.1. The zero-order valence-corrected chi connectivity index (χ0v) is 20.3. The summed E-state index contributed by atoms with van der Waals surface area (Å²) >= 11 is 0. The molecule has 180 valence electrons. The van der Waals surface area contributed by atoms with Gasteiger partial charge in [0, 0.05) is 12.8 Å². The van der Waals surface area contributed by atoms with Crippen molar-refractivity contribution in [1.29, 1.82) is 0 Å². The van der Waals surface area contributed by atoms with Gasteiger partial charge in [0.2, 0.25) is 0 Å². The molecule has 4 nitrogen and oxygen atoms in total. The van der Waals surface area contributed by atoms with Crippen molar-refractivity contribution in [3.63, 3.8) is 0 Å². The van der Waals surface area contributed by atoms with Crippen LogP contribution in [0.3, 0.4) is 0 Å². The molecule has 0 rings (SSSR count). The number of hydrogen-bond acceptors (Lipinski definition) is 3. The molecule has 4 heteroatoms. The lowest BCUT2D eigenvalue weighted by atomic mass is 10.1. The monoisotopic (exact) mass is 436 g/mol. The van der Waals surface area contributed by atoms with Crippen molar-refractivity contribution in [2.24, 2.45) is 0 Å². The zero-order valence-electron chi connectivity index (χ0n) is 20.3. The summed E-state index contributed by atoms with van der Waals surface area (Å²) in [5.74, 6) is -0.808. The van der Waals surface area contributed by atoms with E-state index in [0.29, 0.717) is 12.8 Å². The molecule has 1 unspecified atom stereocenters. The lowest BCUT2D eigenvalue weighted by Crippen LogP contribution is -2.18. The molecule has 0 saturated heterocycles. The molecular formula is C27H48O4. The van der Waals surface area contributed by atoms with Gasteiger partial charge >= 0.3 is 11.9 Å². The smallest absolute Gasteiger partial charge is 0.306 e. The summed E-state index contributed by atoms with van der Waals surface area (Å²) in [5.41, 5.74) is 0. The SMILES string of the molecule is CCCC/C=C\C/C=C\CCCCCCCC(=O)OC(CCC)CCCCCC(=O)O. The van der Waals surface area contributed by atoms with E-state index >= 15 is 0 Å². The van der Waals surface area contributed by atoms with Crippen LogP contribution in [-0.4, -0.2) is 23.1 Å². The number of carbonyl (C=O) groups is 2. The highest BCUT2D eigenvalue weighted by molar-refractivity contribution is 5.69. The van der Waals surface area contributed by atoms with Gasteiger partial charge in [-0.3, -0.25) is 9.59 Å². The Morgan fingerprint density at radius 3 is 2.00 bits per heavy atom. The van der Waals surface area contributed by atoms with Crippen LogP contribution in [0.4, 0.5) is 0 Å². The van der Waals surface area contributed by atoms with E-state index in [1.165, 1.54) is 38.5 Å². The molecule has 0 aliphatic heterocycles. The average Bonchev–Trinajstić information content (AvgIpc) is 2.73. The number of ether oxygens (including phenoxy) is 1. The van der Waals surface area contributed by atoms with Gasteiger partial charge < -0.3 is 9.84 Å². The van der Waals surface area contributed by atoms with Gasteiger partial charge in [0.25, 0.3) is 0 Å². The van der Waals surface area contributed by atoms with Crippen LogP contribution in [0.15, 0.2) is 24.3 Å². The second kappa shape index (κ2) is 23.1. The highest BCUT2D eigenvalue weighted by Gasteiger charge is 2.13. The fourth-order valence-electron chi connectivity index (χ4n) is 3.54. The largest absolute Gasteiger partial charge is 0.481 e. The molecule has 0 spiro atoms. The quantitative estimate of drug-likeness (QED) is 0.106. The molecule has 0 aromatic heterocycles. The third kappa shape index (κ3) is 22.9. The maximum absolute atomic E-state index is 12.1. The number of hydrogen-bond donors (Lipinski definition) is 1. The number of esters is 1. The Labute approximate surface area is 191 Å². The molecular weight excluding hydrogens is 388 g/mol. The Morgan fingerprint density at radius 1 is 0.710 bits per heavy atom. The first kappa shape index (κ1) is 29.4. The van der Waals surface area contributed by atoms with E-state index in [9.17, 15) is 9.59 Å². The number of allylic oxidation sites excluding steroid dienone is 4. The van der Waals surface area contributed by atoms with Gasteiger partial charge in [0.15, 0.2) is 0 Å². The summed E-state index contributed by atoms with van der Waals surface area (Å²) in [7, 11) is 0. The molecule has 0 aromatic rings. The van der Waals surface area contributed by atoms with Crippen molar-refractivity contribution in [2.75, 3.05) is 0 Å². The molecule has 0 saturated carbocycles. The predicted molar refractivity (Wildman–Crippen MR) is 130 cm³/mol. The number of carboxylic acid groups (broad SMARTS) is 1. The van der Waals surface area contributed by atoms with Crippen LogP contribution < -0.4 is 0 Å². The first-order valence-corrected chi connectivity index (χ1v) is 12.8. The van der Waals surface area contributed by atoms with Crippen LogP contribution in [0.1, 0.15) is 129 Å². The van der Waals surface area contributed by atoms with Crippen LogP contribution in [0.5, 0.6) is 0 Å². The lowest BCUT2D eigenvalue weighted by Gasteiger charge is -2.17. The van der Waals surface area contributed by atoms with Gasteiger partial charge in [0.1, 0.15) is 6.10 Å². The topological polar surface area (TPSA) is 63.6 Å². The van der Waals surface area contributed by atoms with Crippen molar-refractivity contribution >= 4 is 11.9 Å². The second-order valence-electron chi connectivity index (χ2n) is 8.52. The fourth-order valence-corrected chi connectivity index (χ4v) is 3.54. The summed E-state index contributed by atoms with van der Waals surface area (Å²) < 4.78 is 5.66. The first-order valence-electron chi connectivity index (χ1n) is 12.8. The second-order valence-corrected chi connectivity index (χ2v) is 8.52. The molecule has 1 atom stereocenters. The standard InChI is InChI=1S/C27H48O4/c1-3-5-6-7-8-9-10-11-12-13-14-15-16-20-24-27(30)31-25(21-4-2)22-18-17-19-23-26(28)29/h7-8,10-11,25H,3-6,9,12-24H2,1-2H3,(H,28,29)/b8-7-,11-10-. The Hall–Kier alpha value is -1.58. The van der Waals surface area contributed by atoms with Gasteiger partial charge in [-0.1, -0.05) is 83.1 Å². The molecule has 0 aromatic carbocycles. The van der Waals surface area contributed by atoms with E-state index in [4.69, 9.17) is 9.84 Å².